The first kappa shape index (κ1) is 62.2. The highest BCUT2D eigenvalue weighted by Crippen LogP contribution is 2.21. The molecule has 13 N–H and O–H groups in total. The Bertz CT molecular complexity index is 1990. The molecule has 368 valence electrons. The fourth-order valence-corrected chi connectivity index (χ4v) is 4.24. The predicted octanol–water partition coefficient (Wildman–Crippen LogP) is -4.47. The third-order valence-electron chi connectivity index (χ3n) is 7.06. The Balaban J connectivity index is -0.000000423. The van der Waals surface area contributed by atoms with Gasteiger partial charge in [-0.05, 0) is 6.08 Å². The molecule has 3 aliphatic heterocycles. The summed E-state index contributed by atoms with van der Waals surface area (Å²) in [5, 5.41) is 71.2. The molecule has 0 spiro atoms. The number of carboxylic acids is 8. The van der Waals surface area contributed by atoms with Crippen molar-refractivity contribution in [2.75, 3.05) is 7.15 Å². The van der Waals surface area contributed by atoms with Crippen molar-refractivity contribution in [3.63, 3.8) is 0 Å². The van der Waals surface area contributed by atoms with E-state index in [-0.39, 0.29) is 24.7 Å². The van der Waals surface area contributed by atoms with Gasteiger partial charge in [0.2, 0.25) is 5.91 Å². The van der Waals surface area contributed by atoms with Crippen LogP contribution in [0.2, 0.25) is 0 Å². The second kappa shape index (κ2) is 30.8. The molecule has 6 unspecified atom stereocenters. The Morgan fingerprint density at radius 3 is 1.15 bits per heavy atom. The second-order valence-corrected chi connectivity index (χ2v) is 11.4. The van der Waals surface area contributed by atoms with Crippen molar-refractivity contribution in [1.29, 1.82) is 0 Å². The van der Waals surface area contributed by atoms with Gasteiger partial charge in [-0.2, -0.15) is 0 Å². The third-order valence-corrected chi connectivity index (χ3v) is 7.06. The Morgan fingerprint density at radius 1 is 0.582 bits per heavy atom. The summed E-state index contributed by atoms with van der Waals surface area (Å²) in [6.45, 7) is 0. The summed E-state index contributed by atoms with van der Waals surface area (Å²) in [4.78, 5) is 175. The van der Waals surface area contributed by atoms with Crippen LogP contribution in [0.4, 0.5) is 4.39 Å². The number of imide groups is 2. The molecule has 0 radical (unpaired) electrons. The van der Waals surface area contributed by atoms with E-state index in [1.54, 1.807) is 5.32 Å². The summed E-state index contributed by atoms with van der Waals surface area (Å²) in [6.07, 6.45) is 6.24. The van der Waals surface area contributed by atoms with E-state index in [4.69, 9.17) is 43.5 Å². The number of alkyl halides is 1. The molecule has 0 aliphatic carbocycles. The fourth-order valence-electron chi connectivity index (χ4n) is 4.24. The number of hydrogen-bond donors (Lipinski definition) is 11. The number of ketones is 1. The Labute approximate surface area is 374 Å². The van der Waals surface area contributed by atoms with Gasteiger partial charge in [0.05, 0.1) is 14.4 Å². The van der Waals surface area contributed by atoms with Gasteiger partial charge in [0.25, 0.3) is 23.6 Å². The van der Waals surface area contributed by atoms with Gasteiger partial charge in [-0.3, -0.25) is 57.3 Å². The lowest BCUT2D eigenvalue weighted by Crippen LogP contribution is -2.61. The zero-order valence-corrected chi connectivity index (χ0v) is 32.1. The van der Waals surface area contributed by atoms with Gasteiger partial charge in [-0.1, -0.05) is 14.9 Å². The van der Waals surface area contributed by atoms with Crippen molar-refractivity contribution in [1.82, 2.24) is 15.1 Å². The molecule has 3 aliphatic rings. The van der Waals surface area contributed by atoms with E-state index in [0.29, 0.717) is 24.3 Å². The van der Waals surface area contributed by atoms with Gasteiger partial charge in [-0.15, -0.1) is 0 Å². The second-order valence-electron chi connectivity index (χ2n) is 11.4. The quantitative estimate of drug-likeness (QED) is 0.0267. The highest BCUT2D eigenvalue weighted by Gasteiger charge is 2.50. The van der Waals surface area contributed by atoms with E-state index in [1.807, 2.05) is 0 Å². The minimum Gasteiger partial charge on any atom is -0.481 e. The number of halogens is 1. The molecule has 5 amide bonds. The summed E-state index contributed by atoms with van der Waals surface area (Å²) >= 11 is 0. The normalized spacial score (nSPS) is 15.8. The molecule has 0 aromatic carbocycles. The standard InChI is InChI=1S/C13H13NO10.C12H8N2O8.C4H8N2O4.C4H2O3.CH3F.2CH4/c15-6(1-3-9(17)18)5-7(12(21)22)11(13(23)24)14-8(16)2-4-10(19)20;15-5-1-2-6(16)13(5)9(11(19)20)10(12(21)22)14-7(17)3-4-8(14)18;5-1(3(7)8)2(6)4(9)10;5-3-1-2-4(6)7-3;1-2;;/h1-4,7,11H,5H2,(H,14,16)(H,17,18)(H,19,20)(H,21,22)(H,23,24);1-4,9-10H,(H,19,20)(H,21,22);1-2H,5-6H2,(H,7,8)(H,9,10);1-2H;1H3;2*1H4/b3-1-,4-2-;;;;;;/i;;;;1D;;. The van der Waals surface area contributed by atoms with Crippen LogP contribution in [-0.2, 0) is 81.4 Å². The third kappa shape index (κ3) is 22.2. The zero-order valence-electron chi connectivity index (χ0n) is 33.1. The molecule has 0 fully saturated rings. The Hall–Kier alpha value is -9.13. The maximum Gasteiger partial charge on any atom is 0.338 e. The number of amides is 5. The summed E-state index contributed by atoms with van der Waals surface area (Å²) in [6, 6.07) is -9.59. The van der Waals surface area contributed by atoms with Crippen molar-refractivity contribution < 1.29 is 128 Å². The molecule has 0 aromatic rings. The molecule has 3 heterocycles. The number of nitrogens with one attached hydrogen (secondary N) is 1. The number of nitrogens with zero attached hydrogens (tertiary/aromatic N) is 2. The van der Waals surface area contributed by atoms with Crippen molar-refractivity contribution in [3.8, 4) is 0 Å². The topological polar surface area (TPSA) is 515 Å². The van der Waals surface area contributed by atoms with E-state index >= 15 is 0 Å². The van der Waals surface area contributed by atoms with Crippen LogP contribution < -0.4 is 16.8 Å². The lowest BCUT2D eigenvalue weighted by atomic mass is 9.93. The number of nitrogens with two attached hydrogens (primary N) is 2. The number of carboxylic acid groups (broad SMARTS) is 8. The minimum absolute atomic E-state index is 0. The van der Waals surface area contributed by atoms with Crippen LogP contribution in [0.5, 0.6) is 0 Å². The summed E-state index contributed by atoms with van der Waals surface area (Å²) in [5.41, 5.74) is 9.71. The number of cyclic esters (lactones) is 2. The number of hydrogen-bond acceptors (Lipinski definition) is 19. The maximum atomic E-state index is 11.6. The van der Waals surface area contributed by atoms with Gasteiger partial charge < -0.3 is 62.4 Å². The van der Waals surface area contributed by atoms with E-state index in [0.717, 1.165) is 36.5 Å². The first-order chi connectivity index (χ1) is 30.5. The highest BCUT2D eigenvalue weighted by atomic mass is 19.1. The van der Waals surface area contributed by atoms with E-state index < -0.39 is 145 Å². The van der Waals surface area contributed by atoms with Gasteiger partial charge in [0, 0.05) is 61.1 Å². The van der Waals surface area contributed by atoms with E-state index in [2.05, 4.69) is 4.74 Å². The van der Waals surface area contributed by atoms with Gasteiger partial charge in [0.15, 0.2) is 17.9 Å². The molecular formula is C36H42FN5O25. The fraction of sp³-hybridized carbons (Fsp3) is 0.278. The van der Waals surface area contributed by atoms with Crippen molar-refractivity contribution in [2.45, 2.75) is 51.5 Å². The smallest absolute Gasteiger partial charge is 0.338 e. The molecule has 3 rings (SSSR count). The average Bonchev–Trinajstić information content (AvgIpc) is 3.87. The molecule has 30 nitrogen and oxygen atoms in total. The largest absolute Gasteiger partial charge is 0.481 e. The lowest BCUT2D eigenvalue weighted by Gasteiger charge is -2.31. The van der Waals surface area contributed by atoms with Gasteiger partial charge in [0.1, 0.15) is 18.1 Å². The van der Waals surface area contributed by atoms with Crippen LogP contribution in [0, 0.1) is 5.92 Å². The number of rotatable bonds is 18. The summed E-state index contributed by atoms with van der Waals surface area (Å²) in [5.74, 6) is -22.4. The van der Waals surface area contributed by atoms with E-state index in [1.165, 1.54) is 0 Å². The van der Waals surface area contributed by atoms with Crippen LogP contribution in [0.1, 0.15) is 22.6 Å². The lowest BCUT2D eigenvalue weighted by molar-refractivity contribution is -0.166. The number of carbonyl (C=O) groups excluding carboxylic acids is 8. The maximum absolute atomic E-state index is 11.6. The molecule has 0 bridgehead atoms. The molecule has 67 heavy (non-hydrogen) atoms. The number of allylic oxidation sites excluding steroid dienone is 1. The summed E-state index contributed by atoms with van der Waals surface area (Å²) in [7, 11) is -1.00. The highest BCUT2D eigenvalue weighted by molar-refractivity contribution is 6.18. The summed E-state index contributed by atoms with van der Waals surface area (Å²) < 4.78 is 19.5. The Morgan fingerprint density at radius 2 is 0.910 bits per heavy atom. The predicted molar refractivity (Wildman–Crippen MR) is 211 cm³/mol. The first-order valence-electron chi connectivity index (χ1n) is 17.1. The average molecular weight is 965 g/mol. The number of aliphatic carboxylic acids is 8. The Kier molecular flexibility index (Phi) is 28.6. The van der Waals surface area contributed by atoms with Gasteiger partial charge >= 0.3 is 59.7 Å². The van der Waals surface area contributed by atoms with Crippen LogP contribution >= 0.6 is 0 Å². The van der Waals surface area contributed by atoms with Crippen molar-refractivity contribution >= 4 is 95.0 Å². The number of ether oxygens (including phenoxy) is 1. The van der Waals surface area contributed by atoms with Gasteiger partial charge in [-0.25, -0.2) is 33.6 Å². The molecule has 31 heteroatoms. The molecule has 0 saturated heterocycles. The monoisotopic (exact) mass is 964 g/mol. The SMILES string of the molecule is C.C.NC(C(=O)O)C(N)C(=O)O.O=C(O)/C=C\C(=O)CC(C(=O)O)C(NC(=O)/C=C\C(=O)O)C(=O)O.O=C(O)C(C(C(=O)O)N1C(=O)C=CC1=O)N1C(=O)C=CC1=O.O=C1C=CC(=O)O1.[2H]CF. The van der Waals surface area contributed by atoms with Crippen LogP contribution in [0.3, 0.4) is 0 Å². The molecular weight excluding hydrogens is 921 g/mol. The molecule has 0 aromatic heterocycles. The first-order valence-corrected chi connectivity index (χ1v) is 16.4. The van der Waals surface area contributed by atoms with Crippen LogP contribution in [0.15, 0.2) is 60.8 Å². The number of esters is 2. The van der Waals surface area contributed by atoms with Crippen molar-refractivity contribution in [3.05, 3.63) is 60.8 Å². The van der Waals surface area contributed by atoms with Crippen LogP contribution in [0.25, 0.3) is 0 Å². The number of carbonyl (C=O) groups is 16. The van der Waals surface area contributed by atoms with E-state index in [9.17, 15) is 91.3 Å². The van der Waals surface area contributed by atoms with Crippen LogP contribution in [-0.4, -0.2) is 183 Å². The van der Waals surface area contributed by atoms with Crippen molar-refractivity contribution in [2.24, 2.45) is 17.4 Å². The minimum atomic E-state index is -2.24. The molecule has 0 saturated carbocycles. The molecule has 6 atom stereocenters. The zero-order chi connectivity index (χ0) is 51.8.